The van der Waals surface area contributed by atoms with E-state index < -0.39 is 6.10 Å². The van der Waals surface area contributed by atoms with Crippen molar-refractivity contribution in [2.45, 2.75) is 31.4 Å². The molecule has 0 aliphatic carbocycles. The summed E-state index contributed by atoms with van der Waals surface area (Å²) in [6.07, 6.45) is 2.04. The molecule has 1 fully saturated rings. The molecule has 29 heavy (non-hydrogen) atoms. The second-order valence-corrected chi connectivity index (χ2v) is 7.27. The number of aromatic nitrogens is 2. The highest BCUT2D eigenvalue weighted by Gasteiger charge is 2.35. The van der Waals surface area contributed by atoms with Gasteiger partial charge in [0.1, 0.15) is 0 Å². The Morgan fingerprint density at radius 2 is 2.00 bits per heavy atom. The summed E-state index contributed by atoms with van der Waals surface area (Å²) in [7, 11) is 0. The molecular formula is C21H23N4O4-. The Morgan fingerprint density at radius 1 is 1.17 bits per heavy atom. The molecule has 3 aromatic rings. The average Bonchev–Trinajstić information content (AvgIpc) is 3.35. The first kappa shape index (κ1) is 19.5. The topological polar surface area (TPSA) is 109 Å². The Bertz CT molecular complexity index is 931. The van der Waals surface area contributed by atoms with Gasteiger partial charge in [0.05, 0.1) is 17.8 Å². The van der Waals surface area contributed by atoms with E-state index in [2.05, 4.69) is 27.2 Å². The van der Waals surface area contributed by atoms with E-state index in [9.17, 15) is 10.3 Å². The van der Waals surface area contributed by atoms with E-state index in [0.717, 1.165) is 19.4 Å². The van der Waals surface area contributed by atoms with Gasteiger partial charge in [0, 0.05) is 12.1 Å². The third kappa shape index (κ3) is 4.63. The van der Waals surface area contributed by atoms with Gasteiger partial charge in [0.25, 0.3) is 0 Å². The van der Waals surface area contributed by atoms with Crippen LogP contribution in [-0.4, -0.2) is 44.5 Å². The van der Waals surface area contributed by atoms with E-state index in [1.807, 2.05) is 18.2 Å². The smallest absolute Gasteiger partial charge is 0.244 e. The largest absolute Gasteiger partial charge is 0.733 e. The average molecular weight is 395 g/mol. The Hall–Kier alpha value is -2.78. The molecule has 1 aromatic heterocycles. The SMILES string of the molecule is [O-]N(O)c1cccc(-c2noc(C3CC(O)CN3CCCc3ccccc3)n2)c1. The lowest BCUT2D eigenvalue weighted by Gasteiger charge is -2.21. The van der Waals surface area contributed by atoms with Crippen LogP contribution in [0.1, 0.15) is 30.3 Å². The van der Waals surface area contributed by atoms with Crippen molar-refractivity contribution in [3.8, 4) is 11.4 Å². The van der Waals surface area contributed by atoms with E-state index in [1.165, 1.54) is 17.7 Å². The van der Waals surface area contributed by atoms with Crippen molar-refractivity contribution in [1.82, 2.24) is 15.0 Å². The predicted octanol–water partition coefficient (Wildman–Crippen LogP) is 3.17. The molecule has 2 heterocycles. The maximum Gasteiger partial charge on any atom is 0.244 e. The van der Waals surface area contributed by atoms with Crippen LogP contribution in [0.4, 0.5) is 5.69 Å². The number of aliphatic hydroxyl groups excluding tert-OH is 1. The second-order valence-electron chi connectivity index (χ2n) is 7.27. The number of aryl methyl sites for hydroxylation is 1. The third-order valence-corrected chi connectivity index (χ3v) is 5.19. The molecule has 1 aliphatic rings. The van der Waals surface area contributed by atoms with Crippen molar-refractivity contribution in [2.24, 2.45) is 0 Å². The summed E-state index contributed by atoms with van der Waals surface area (Å²) in [4.78, 5) is 6.66. The van der Waals surface area contributed by atoms with Gasteiger partial charge in [-0.05, 0) is 43.5 Å². The molecule has 4 rings (SSSR count). The molecule has 0 amide bonds. The van der Waals surface area contributed by atoms with E-state index >= 15 is 0 Å². The molecule has 0 bridgehead atoms. The lowest BCUT2D eigenvalue weighted by molar-refractivity contribution is 0.172. The Labute approximate surface area is 168 Å². The fourth-order valence-electron chi connectivity index (χ4n) is 3.77. The van der Waals surface area contributed by atoms with Gasteiger partial charge < -0.3 is 20.1 Å². The van der Waals surface area contributed by atoms with Gasteiger partial charge in [0.15, 0.2) is 0 Å². The summed E-state index contributed by atoms with van der Waals surface area (Å²) in [5.74, 6) is 0.791. The molecule has 0 radical (unpaired) electrons. The number of rotatable bonds is 7. The highest BCUT2D eigenvalue weighted by atomic mass is 16.8. The van der Waals surface area contributed by atoms with E-state index in [0.29, 0.717) is 30.2 Å². The summed E-state index contributed by atoms with van der Waals surface area (Å²) in [5.41, 5.74) is 1.95. The van der Waals surface area contributed by atoms with Crippen LogP contribution in [0.3, 0.4) is 0 Å². The van der Waals surface area contributed by atoms with Crippen LogP contribution in [0.15, 0.2) is 59.1 Å². The van der Waals surface area contributed by atoms with Crippen molar-refractivity contribution < 1.29 is 14.8 Å². The minimum absolute atomic E-state index is 0.0904. The fourth-order valence-corrected chi connectivity index (χ4v) is 3.77. The zero-order valence-electron chi connectivity index (χ0n) is 15.9. The number of β-amino-alcohol motifs (C(OH)–C–C–N with tert-alkyl or cyclic N) is 1. The van der Waals surface area contributed by atoms with E-state index in [-0.39, 0.29) is 17.0 Å². The number of hydrogen-bond acceptors (Lipinski definition) is 8. The highest BCUT2D eigenvalue weighted by Crippen LogP contribution is 2.33. The van der Waals surface area contributed by atoms with Crippen molar-refractivity contribution in [2.75, 3.05) is 18.3 Å². The van der Waals surface area contributed by atoms with Crippen LogP contribution in [0.2, 0.25) is 0 Å². The molecular weight excluding hydrogens is 372 g/mol. The Balaban J connectivity index is 1.44. The zero-order chi connectivity index (χ0) is 20.2. The molecule has 2 N–H and O–H groups in total. The van der Waals surface area contributed by atoms with Gasteiger partial charge in [-0.1, -0.05) is 47.6 Å². The predicted molar refractivity (Wildman–Crippen MR) is 107 cm³/mol. The summed E-state index contributed by atoms with van der Waals surface area (Å²) in [5, 5.41) is 34.2. The summed E-state index contributed by atoms with van der Waals surface area (Å²) >= 11 is 0. The maximum absolute atomic E-state index is 11.1. The Kier molecular flexibility index (Phi) is 5.86. The van der Waals surface area contributed by atoms with Gasteiger partial charge in [-0.25, -0.2) is 0 Å². The van der Waals surface area contributed by atoms with Crippen molar-refractivity contribution in [3.05, 3.63) is 71.3 Å². The van der Waals surface area contributed by atoms with Gasteiger partial charge in [0.2, 0.25) is 11.7 Å². The van der Waals surface area contributed by atoms with Gasteiger partial charge >= 0.3 is 0 Å². The normalized spacial score (nSPS) is 19.6. The minimum atomic E-state index is -0.432. The van der Waals surface area contributed by atoms with Crippen molar-refractivity contribution >= 4 is 5.69 Å². The number of anilines is 1. The van der Waals surface area contributed by atoms with Crippen LogP contribution in [0.5, 0.6) is 0 Å². The van der Waals surface area contributed by atoms with Gasteiger partial charge in [-0.3, -0.25) is 10.1 Å². The molecule has 2 atom stereocenters. The molecule has 0 saturated carbocycles. The number of nitrogens with zero attached hydrogens (tertiary/aromatic N) is 4. The van der Waals surface area contributed by atoms with Crippen LogP contribution in [0.25, 0.3) is 11.4 Å². The van der Waals surface area contributed by atoms with E-state index in [1.54, 1.807) is 12.1 Å². The third-order valence-electron chi connectivity index (χ3n) is 5.19. The Morgan fingerprint density at radius 3 is 2.79 bits per heavy atom. The van der Waals surface area contributed by atoms with Crippen molar-refractivity contribution in [3.63, 3.8) is 0 Å². The summed E-state index contributed by atoms with van der Waals surface area (Å²) < 4.78 is 5.48. The monoisotopic (exact) mass is 395 g/mol. The van der Waals surface area contributed by atoms with Crippen LogP contribution >= 0.6 is 0 Å². The van der Waals surface area contributed by atoms with Crippen LogP contribution in [-0.2, 0) is 6.42 Å². The maximum atomic E-state index is 11.1. The zero-order valence-corrected chi connectivity index (χ0v) is 15.9. The molecule has 1 aliphatic heterocycles. The van der Waals surface area contributed by atoms with Gasteiger partial charge in [-0.2, -0.15) is 4.98 Å². The fraction of sp³-hybridized carbons (Fsp3) is 0.333. The first-order chi connectivity index (χ1) is 14.1. The number of likely N-dealkylation sites (tertiary alicyclic amines) is 1. The van der Waals surface area contributed by atoms with Crippen LogP contribution in [0, 0.1) is 5.21 Å². The lowest BCUT2D eigenvalue weighted by atomic mass is 10.1. The summed E-state index contributed by atoms with van der Waals surface area (Å²) in [6, 6.07) is 16.5. The standard InChI is InChI=1S/C21H23N4O4/c26-18-13-19(24(14-18)11-5-8-15-6-2-1-3-7-15)21-22-20(23-29-21)16-9-4-10-17(12-16)25(27)28/h1-4,6-7,9-10,12,18-19,26-27H,5,8,11,13-14H2/q-1. The molecule has 1 saturated heterocycles. The molecule has 2 unspecified atom stereocenters. The molecule has 2 aromatic carbocycles. The quantitative estimate of drug-likeness (QED) is 0.587. The first-order valence-corrected chi connectivity index (χ1v) is 9.66. The van der Waals surface area contributed by atoms with Crippen LogP contribution < -0.4 is 5.23 Å². The van der Waals surface area contributed by atoms with Gasteiger partial charge in [-0.15, -0.1) is 0 Å². The van der Waals surface area contributed by atoms with E-state index in [4.69, 9.17) is 9.73 Å². The molecule has 152 valence electrons. The number of benzene rings is 2. The lowest BCUT2D eigenvalue weighted by Crippen LogP contribution is -2.26. The summed E-state index contributed by atoms with van der Waals surface area (Å²) in [6.45, 7) is 1.39. The highest BCUT2D eigenvalue weighted by molar-refractivity contribution is 5.62. The van der Waals surface area contributed by atoms with Crippen molar-refractivity contribution in [1.29, 1.82) is 0 Å². The minimum Gasteiger partial charge on any atom is -0.733 e. The molecule has 0 spiro atoms. The molecule has 8 nitrogen and oxygen atoms in total. The second kappa shape index (κ2) is 8.71. The number of aliphatic hydroxyl groups is 1. The molecule has 8 heteroatoms. The first-order valence-electron chi connectivity index (χ1n) is 9.66. The number of hydrogen-bond donors (Lipinski definition) is 2.